The first-order chi connectivity index (χ1) is 9.26. The molecule has 0 aliphatic heterocycles. The third kappa shape index (κ3) is 2.42. The van der Waals surface area contributed by atoms with Crippen LogP contribution < -0.4 is 5.32 Å². The summed E-state index contributed by atoms with van der Waals surface area (Å²) in [6.07, 6.45) is 0.711. The van der Waals surface area contributed by atoms with Crippen LogP contribution in [0.25, 0.3) is 11.1 Å². The Hall–Kier alpha value is -2.00. The van der Waals surface area contributed by atoms with Crippen molar-refractivity contribution in [3.8, 4) is 0 Å². The van der Waals surface area contributed by atoms with Gasteiger partial charge in [-0.25, -0.2) is 0 Å². The summed E-state index contributed by atoms with van der Waals surface area (Å²) in [7, 11) is 0. The lowest BCUT2D eigenvalue weighted by molar-refractivity contribution is 0.623. The first kappa shape index (κ1) is 12.1. The van der Waals surface area contributed by atoms with Crippen LogP contribution in [0.1, 0.15) is 5.56 Å². The number of halogens is 1. The highest BCUT2D eigenvalue weighted by Gasteiger charge is 2.07. The Kier molecular flexibility index (Phi) is 3.13. The van der Waals surface area contributed by atoms with Gasteiger partial charge in [0.25, 0.3) is 6.01 Å². The molecule has 0 aliphatic rings. The molecule has 1 N–H and O–H groups in total. The van der Waals surface area contributed by atoms with Crippen molar-refractivity contribution in [1.82, 2.24) is 4.98 Å². The molecule has 4 heteroatoms. The number of rotatable bonds is 3. The number of aromatic nitrogens is 1. The van der Waals surface area contributed by atoms with Gasteiger partial charge in [-0.3, -0.25) is 0 Å². The normalized spacial score (nSPS) is 10.8. The van der Waals surface area contributed by atoms with Gasteiger partial charge in [-0.05, 0) is 43.2 Å². The van der Waals surface area contributed by atoms with Gasteiger partial charge in [0, 0.05) is 0 Å². The monoisotopic (exact) mass is 271 g/mol. The Bertz CT molecular complexity index is 688. The molecule has 3 aromatic rings. The molecule has 0 bridgehead atoms. The summed E-state index contributed by atoms with van der Waals surface area (Å²) in [5.74, 6) is 0. The largest absolute Gasteiger partial charge is 0.423 e. The number of fused-ring (bicyclic) bond motifs is 1. The standard InChI is InChI=1S/C15H12ClN2O/c1-2-10-7-8-12(11(16)9-10)17-15-18-13-5-3-4-6-14(13)19-15/h3-9H,1-2H2,(H,17,18). The van der Waals surface area contributed by atoms with Crippen molar-refractivity contribution < 1.29 is 4.42 Å². The van der Waals surface area contributed by atoms with E-state index in [1.165, 1.54) is 0 Å². The molecule has 0 aliphatic carbocycles. The number of anilines is 2. The van der Waals surface area contributed by atoms with Crippen LogP contribution in [-0.2, 0) is 6.42 Å². The fourth-order valence-electron chi connectivity index (χ4n) is 1.86. The molecule has 0 spiro atoms. The number of para-hydroxylation sites is 2. The smallest absolute Gasteiger partial charge is 0.300 e. The Labute approximate surface area is 116 Å². The van der Waals surface area contributed by atoms with Crippen molar-refractivity contribution in [3.05, 3.63) is 60.0 Å². The second-order valence-electron chi connectivity index (χ2n) is 4.18. The van der Waals surface area contributed by atoms with E-state index < -0.39 is 0 Å². The molecule has 0 unspecified atom stereocenters. The van der Waals surface area contributed by atoms with Crippen molar-refractivity contribution in [2.75, 3.05) is 5.32 Å². The minimum Gasteiger partial charge on any atom is -0.423 e. The third-order valence-corrected chi connectivity index (χ3v) is 3.17. The molecule has 3 rings (SSSR count). The maximum atomic E-state index is 6.20. The number of nitrogens with one attached hydrogen (secondary N) is 1. The summed E-state index contributed by atoms with van der Waals surface area (Å²) in [6.45, 7) is 3.83. The van der Waals surface area contributed by atoms with Crippen LogP contribution in [0, 0.1) is 6.92 Å². The van der Waals surface area contributed by atoms with E-state index in [4.69, 9.17) is 16.0 Å². The highest BCUT2D eigenvalue weighted by molar-refractivity contribution is 6.33. The highest BCUT2D eigenvalue weighted by Crippen LogP contribution is 2.28. The highest BCUT2D eigenvalue weighted by atomic mass is 35.5. The predicted molar refractivity (Wildman–Crippen MR) is 77.8 cm³/mol. The van der Waals surface area contributed by atoms with Crippen molar-refractivity contribution in [3.63, 3.8) is 0 Å². The minimum absolute atomic E-state index is 0.436. The SMILES string of the molecule is [CH2]Cc1ccc(Nc2nc3ccccc3o2)c(Cl)c1. The molecule has 95 valence electrons. The zero-order chi connectivity index (χ0) is 13.2. The zero-order valence-electron chi connectivity index (χ0n) is 10.2. The summed E-state index contributed by atoms with van der Waals surface area (Å²) in [5, 5.41) is 3.71. The average Bonchev–Trinajstić information content (AvgIpc) is 2.83. The van der Waals surface area contributed by atoms with E-state index in [0.29, 0.717) is 17.5 Å². The van der Waals surface area contributed by atoms with Crippen LogP contribution >= 0.6 is 11.6 Å². The van der Waals surface area contributed by atoms with Crippen molar-refractivity contribution in [2.24, 2.45) is 0 Å². The van der Waals surface area contributed by atoms with E-state index in [2.05, 4.69) is 17.2 Å². The van der Waals surface area contributed by atoms with Gasteiger partial charge in [0.2, 0.25) is 0 Å². The lowest BCUT2D eigenvalue weighted by Gasteiger charge is -2.05. The molecule has 0 saturated heterocycles. The average molecular weight is 272 g/mol. The van der Waals surface area contributed by atoms with E-state index in [9.17, 15) is 0 Å². The fraction of sp³-hybridized carbons (Fsp3) is 0.0667. The Morgan fingerprint density at radius 1 is 1.21 bits per heavy atom. The summed E-state index contributed by atoms with van der Waals surface area (Å²) >= 11 is 6.20. The fourth-order valence-corrected chi connectivity index (χ4v) is 2.11. The van der Waals surface area contributed by atoms with E-state index in [1.54, 1.807) is 0 Å². The quantitative estimate of drug-likeness (QED) is 0.756. The van der Waals surface area contributed by atoms with E-state index in [1.807, 2.05) is 42.5 Å². The van der Waals surface area contributed by atoms with Gasteiger partial charge in [-0.15, -0.1) is 0 Å². The number of oxazole rings is 1. The van der Waals surface area contributed by atoms with Gasteiger partial charge in [-0.1, -0.05) is 29.8 Å². The molecule has 1 heterocycles. The summed E-state index contributed by atoms with van der Waals surface area (Å²) in [5.41, 5.74) is 3.42. The number of hydrogen-bond donors (Lipinski definition) is 1. The number of nitrogens with zero attached hydrogens (tertiary/aromatic N) is 1. The molecule has 1 aromatic heterocycles. The van der Waals surface area contributed by atoms with Crippen LogP contribution in [0.15, 0.2) is 46.9 Å². The first-order valence-electron chi connectivity index (χ1n) is 5.96. The molecule has 0 amide bonds. The first-order valence-corrected chi connectivity index (χ1v) is 6.34. The van der Waals surface area contributed by atoms with Gasteiger partial charge >= 0.3 is 0 Å². The van der Waals surface area contributed by atoms with Gasteiger partial charge in [0.1, 0.15) is 5.52 Å². The molecular weight excluding hydrogens is 260 g/mol. The van der Waals surface area contributed by atoms with Crippen molar-refractivity contribution in [1.29, 1.82) is 0 Å². The molecule has 1 radical (unpaired) electrons. The van der Waals surface area contributed by atoms with Gasteiger partial charge in [-0.2, -0.15) is 4.98 Å². The van der Waals surface area contributed by atoms with Crippen LogP contribution in [0.4, 0.5) is 11.7 Å². The maximum Gasteiger partial charge on any atom is 0.300 e. The van der Waals surface area contributed by atoms with Crippen molar-refractivity contribution >= 4 is 34.4 Å². The van der Waals surface area contributed by atoms with Crippen molar-refractivity contribution in [2.45, 2.75) is 6.42 Å². The molecule has 2 aromatic carbocycles. The summed E-state index contributed by atoms with van der Waals surface area (Å²) in [6, 6.07) is 13.8. The molecule has 19 heavy (non-hydrogen) atoms. The molecule has 3 nitrogen and oxygen atoms in total. The van der Waals surface area contributed by atoms with Crippen LogP contribution in [0.2, 0.25) is 5.02 Å². The Balaban J connectivity index is 1.92. The summed E-state index contributed by atoms with van der Waals surface area (Å²) < 4.78 is 5.59. The molecule has 0 atom stereocenters. The Morgan fingerprint density at radius 2 is 2.05 bits per heavy atom. The topological polar surface area (TPSA) is 38.1 Å². The molecular formula is C15H12ClN2O. The van der Waals surface area contributed by atoms with Gasteiger partial charge < -0.3 is 9.73 Å². The zero-order valence-corrected chi connectivity index (χ0v) is 10.9. The lowest BCUT2D eigenvalue weighted by atomic mass is 10.1. The third-order valence-electron chi connectivity index (χ3n) is 2.86. The second-order valence-corrected chi connectivity index (χ2v) is 4.58. The van der Waals surface area contributed by atoms with Gasteiger partial charge in [0.15, 0.2) is 5.58 Å². The molecule has 0 saturated carbocycles. The van der Waals surface area contributed by atoms with Crippen LogP contribution in [-0.4, -0.2) is 4.98 Å². The predicted octanol–water partition coefficient (Wildman–Crippen LogP) is 4.60. The van der Waals surface area contributed by atoms with E-state index in [0.717, 1.165) is 22.4 Å². The second kappa shape index (κ2) is 4.94. The van der Waals surface area contributed by atoms with E-state index >= 15 is 0 Å². The van der Waals surface area contributed by atoms with Crippen LogP contribution in [0.5, 0.6) is 0 Å². The minimum atomic E-state index is 0.436. The summed E-state index contributed by atoms with van der Waals surface area (Å²) in [4.78, 5) is 4.34. The Morgan fingerprint density at radius 3 is 2.79 bits per heavy atom. The van der Waals surface area contributed by atoms with Crippen LogP contribution in [0.3, 0.4) is 0 Å². The number of benzene rings is 2. The number of hydrogen-bond acceptors (Lipinski definition) is 3. The van der Waals surface area contributed by atoms with E-state index in [-0.39, 0.29) is 0 Å². The maximum absolute atomic E-state index is 6.20. The van der Waals surface area contributed by atoms with Gasteiger partial charge in [0.05, 0.1) is 10.7 Å². The molecule has 0 fully saturated rings. The lowest BCUT2D eigenvalue weighted by Crippen LogP contribution is -1.92.